The van der Waals surface area contributed by atoms with Gasteiger partial charge in [-0.25, -0.2) is 21.6 Å². The summed E-state index contributed by atoms with van der Waals surface area (Å²) < 4.78 is 53.8. The lowest BCUT2D eigenvalue weighted by molar-refractivity contribution is -0.120. The van der Waals surface area contributed by atoms with Crippen LogP contribution in [-0.2, 0) is 30.6 Å². The van der Waals surface area contributed by atoms with Crippen LogP contribution in [-0.4, -0.2) is 46.2 Å². The summed E-state index contributed by atoms with van der Waals surface area (Å²) in [5.41, 5.74) is 1.03. The zero-order valence-electron chi connectivity index (χ0n) is 17.6. The molecular weight excluding hydrogens is 450 g/mol. The number of nitrogens with zero attached hydrogens (tertiary/aromatic N) is 1. The first kappa shape index (κ1) is 24.1. The van der Waals surface area contributed by atoms with E-state index in [4.69, 9.17) is 0 Å². The topological polar surface area (TPSA) is 113 Å². The Morgan fingerprint density at radius 3 is 2.38 bits per heavy atom. The number of sulfonamides is 2. The monoisotopic (exact) mass is 477 g/mol. The van der Waals surface area contributed by atoms with Crippen molar-refractivity contribution in [2.24, 2.45) is 0 Å². The van der Waals surface area contributed by atoms with Crippen molar-refractivity contribution >= 4 is 31.6 Å². The fourth-order valence-electron chi connectivity index (χ4n) is 3.55. The molecule has 172 valence electrons. The summed E-state index contributed by atoms with van der Waals surface area (Å²) in [5.74, 6) is -0.599. The summed E-state index contributed by atoms with van der Waals surface area (Å²) in [6.45, 7) is 3.91. The smallest absolute Gasteiger partial charge is 0.243 e. The number of piperidine rings is 1. The van der Waals surface area contributed by atoms with Gasteiger partial charge in [-0.05, 0) is 42.7 Å². The van der Waals surface area contributed by atoms with Crippen molar-refractivity contribution in [3.63, 3.8) is 0 Å². The summed E-state index contributed by atoms with van der Waals surface area (Å²) in [4.78, 5) is 13.1. The predicted octanol–water partition coefficient (Wildman–Crippen LogP) is 2.47. The van der Waals surface area contributed by atoms with Crippen molar-refractivity contribution in [1.29, 1.82) is 0 Å². The van der Waals surface area contributed by atoms with Crippen LogP contribution in [0.25, 0.3) is 0 Å². The fraction of sp³-hybridized carbons (Fsp3) is 0.318. The molecule has 1 fully saturated rings. The molecule has 1 unspecified atom stereocenters. The van der Waals surface area contributed by atoms with Crippen molar-refractivity contribution in [3.05, 3.63) is 72.8 Å². The molecule has 1 aliphatic rings. The molecule has 0 bridgehead atoms. The molecule has 1 atom stereocenters. The van der Waals surface area contributed by atoms with E-state index in [0.29, 0.717) is 24.1 Å². The largest absolute Gasteiger partial charge is 0.325 e. The van der Waals surface area contributed by atoms with Gasteiger partial charge in [0.25, 0.3) is 0 Å². The summed E-state index contributed by atoms with van der Waals surface area (Å²) in [6.07, 6.45) is 3.35. The molecule has 0 radical (unpaired) electrons. The molecule has 1 amide bonds. The number of benzene rings is 2. The standard InChI is InChI=1S/C22H27N3O5S2/c1-2-15-23-31(27,28)17-18-11-13-19(14-12-18)24-22(26)21-10-6-7-16-25(21)32(29,30)20-8-4-3-5-9-20/h2-5,8-9,11-14,21,23H,1,6-7,10,15-17H2,(H,24,26). The summed E-state index contributed by atoms with van der Waals surface area (Å²) in [7, 11) is -7.27. The first-order chi connectivity index (χ1) is 15.2. The molecular formula is C22H27N3O5S2. The van der Waals surface area contributed by atoms with Crippen LogP contribution in [0.1, 0.15) is 24.8 Å². The van der Waals surface area contributed by atoms with Gasteiger partial charge in [0, 0.05) is 18.8 Å². The van der Waals surface area contributed by atoms with Gasteiger partial charge >= 0.3 is 0 Å². The van der Waals surface area contributed by atoms with Crippen LogP contribution in [0.3, 0.4) is 0 Å². The maximum absolute atomic E-state index is 13.1. The van der Waals surface area contributed by atoms with Crippen LogP contribution < -0.4 is 10.0 Å². The second-order valence-corrected chi connectivity index (χ2v) is 11.2. The van der Waals surface area contributed by atoms with E-state index in [2.05, 4.69) is 16.6 Å². The predicted molar refractivity (Wildman–Crippen MR) is 124 cm³/mol. The Balaban J connectivity index is 1.70. The van der Waals surface area contributed by atoms with Crippen LogP contribution in [0.4, 0.5) is 5.69 Å². The van der Waals surface area contributed by atoms with Crippen molar-refractivity contribution in [3.8, 4) is 0 Å². The number of hydrogen-bond donors (Lipinski definition) is 2. The Morgan fingerprint density at radius 1 is 1.03 bits per heavy atom. The first-order valence-corrected chi connectivity index (χ1v) is 13.4. The van der Waals surface area contributed by atoms with Gasteiger partial charge in [-0.3, -0.25) is 4.79 Å². The number of anilines is 1. The Kier molecular flexibility index (Phi) is 7.83. The molecule has 3 rings (SSSR count). The average molecular weight is 478 g/mol. The van der Waals surface area contributed by atoms with E-state index in [9.17, 15) is 21.6 Å². The van der Waals surface area contributed by atoms with E-state index in [1.54, 1.807) is 42.5 Å². The minimum Gasteiger partial charge on any atom is -0.325 e. The third kappa shape index (κ3) is 6.04. The van der Waals surface area contributed by atoms with E-state index >= 15 is 0 Å². The van der Waals surface area contributed by atoms with Crippen LogP contribution in [0.2, 0.25) is 0 Å². The minimum atomic E-state index is -3.79. The molecule has 2 aromatic rings. The van der Waals surface area contributed by atoms with Gasteiger partial charge in [-0.2, -0.15) is 4.31 Å². The number of rotatable bonds is 9. The van der Waals surface area contributed by atoms with Gasteiger partial charge in [0.2, 0.25) is 26.0 Å². The highest BCUT2D eigenvalue weighted by molar-refractivity contribution is 7.89. The van der Waals surface area contributed by atoms with E-state index in [1.807, 2.05) is 0 Å². The van der Waals surface area contributed by atoms with Crippen molar-refractivity contribution in [2.45, 2.75) is 36.0 Å². The van der Waals surface area contributed by atoms with Gasteiger partial charge in [0.15, 0.2) is 0 Å². The molecule has 2 N–H and O–H groups in total. The fourth-order valence-corrected chi connectivity index (χ4v) is 6.33. The molecule has 10 heteroatoms. The molecule has 1 saturated heterocycles. The quantitative estimate of drug-likeness (QED) is 0.539. The minimum absolute atomic E-state index is 0.153. The molecule has 2 aromatic carbocycles. The number of carbonyl (C=O) groups is 1. The molecule has 0 aromatic heterocycles. The SMILES string of the molecule is C=CCNS(=O)(=O)Cc1ccc(NC(=O)C2CCCCN2S(=O)(=O)c2ccccc2)cc1. The Labute approximate surface area is 189 Å². The molecule has 0 saturated carbocycles. The van der Waals surface area contributed by atoms with Gasteiger partial charge in [0.1, 0.15) is 6.04 Å². The molecule has 0 spiro atoms. The van der Waals surface area contributed by atoms with Crippen molar-refractivity contribution in [1.82, 2.24) is 9.03 Å². The van der Waals surface area contributed by atoms with E-state index in [0.717, 1.165) is 6.42 Å². The van der Waals surface area contributed by atoms with Crippen LogP contribution >= 0.6 is 0 Å². The second kappa shape index (κ2) is 10.4. The molecule has 32 heavy (non-hydrogen) atoms. The third-order valence-electron chi connectivity index (χ3n) is 5.13. The van der Waals surface area contributed by atoms with Gasteiger partial charge in [-0.1, -0.05) is 42.8 Å². The highest BCUT2D eigenvalue weighted by Gasteiger charge is 2.37. The molecule has 1 aliphatic heterocycles. The van der Waals surface area contributed by atoms with E-state index in [-0.39, 0.29) is 23.7 Å². The lowest BCUT2D eigenvalue weighted by Gasteiger charge is -2.33. The molecule has 8 nitrogen and oxygen atoms in total. The van der Waals surface area contributed by atoms with Gasteiger partial charge < -0.3 is 5.32 Å². The summed E-state index contributed by atoms with van der Waals surface area (Å²) >= 11 is 0. The van der Waals surface area contributed by atoms with E-state index in [1.165, 1.54) is 22.5 Å². The first-order valence-electron chi connectivity index (χ1n) is 10.3. The summed E-state index contributed by atoms with van der Waals surface area (Å²) in [5, 5.41) is 2.77. The Hall–Kier alpha value is -2.53. The van der Waals surface area contributed by atoms with Gasteiger partial charge in [0.05, 0.1) is 10.6 Å². The highest BCUT2D eigenvalue weighted by atomic mass is 32.2. The Bertz CT molecular complexity index is 1150. The number of hydrogen-bond acceptors (Lipinski definition) is 5. The van der Waals surface area contributed by atoms with Crippen molar-refractivity contribution < 1.29 is 21.6 Å². The molecule has 0 aliphatic carbocycles. The van der Waals surface area contributed by atoms with Crippen LogP contribution in [0.5, 0.6) is 0 Å². The maximum Gasteiger partial charge on any atom is 0.243 e. The van der Waals surface area contributed by atoms with Crippen LogP contribution in [0, 0.1) is 0 Å². The number of carbonyl (C=O) groups excluding carboxylic acids is 1. The van der Waals surface area contributed by atoms with Gasteiger partial charge in [-0.15, -0.1) is 6.58 Å². The number of amides is 1. The highest BCUT2D eigenvalue weighted by Crippen LogP contribution is 2.26. The van der Waals surface area contributed by atoms with E-state index < -0.39 is 32.0 Å². The average Bonchev–Trinajstić information content (AvgIpc) is 2.79. The summed E-state index contributed by atoms with van der Waals surface area (Å²) in [6, 6.07) is 13.7. The second-order valence-electron chi connectivity index (χ2n) is 7.52. The van der Waals surface area contributed by atoms with Crippen LogP contribution in [0.15, 0.2) is 72.1 Å². The van der Waals surface area contributed by atoms with Crippen molar-refractivity contribution in [2.75, 3.05) is 18.4 Å². The maximum atomic E-state index is 13.1. The third-order valence-corrected chi connectivity index (χ3v) is 8.37. The lowest BCUT2D eigenvalue weighted by atomic mass is 10.0. The zero-order chi connectivity index (χ0) is 23.2. The normalized spacial score (nSPS) is 17.6. The molecule has 1 heterocycles. The zero-order valence-corrected chi connectivity index (χ0v) is 19.2. The lowest BCUT2D eigenvalue weighted by Crippen LogP contribution is -2.49. The Morgan fingerprint density at radius 2 is 1.72 bits per heavy atom. The number of nitrogens with one attached hydrogen (secondary N) is 2.